The highest BCUT2D eigenvalue weighted by atomic mass is 19.1. The van der Waals surface area contributed by atoms with E-state index in [1.54, 1.807) is 17.0 Å². The minimum atomic E-state index is -0.545. The lowest BCUT2D eigenvalue weighted by Gasteiger charge is -2.31. The zero-order chi connectivity index (χ0) is 16.2. The first-order chi connectivity index (χ1) is 11.1. The molecule has 0 saturated carbocycles. The molecule has 1 fully saturated rings. The van der Waals surface area contributed by atoms with Crippen molar-refractivity contribution in [2.75, 3.05) is 13.1 Å². The maximum Gasteiger partial charge on any atom is 0.289 e. The Morgan fingerprint density at radius 3 is 2.74 bits per heavy atom. The average molecular weight is 317 g/mol. The molecule has 3 rings (SSSR count). The van der Waals surface area contributed by atoms with E-state index in [1.807, 2.05) is 0 Å². The number of piperidine rings is 1. The number of hydrogen-bond acceptors (Lipinski definition) is 4. The quantitative estimate of drug-likeness (QED) is 0.937. The summed E-state index contributed by atoms with van der Waals surface area (Å²) >= 11 is 0. The Morgan fingerprint density at radius 1 is 1.30 bits per heavy atom. The van der Waals surface area contributed by atoms with E-state index in [9.17, 15) is 14.0 Å². The molecule has 0 atom stereocenters. The number of carbonyl (C=O) groups is 2. The summed E-state index contributed by atoms with van der Waals surface area (Å²) < 4.78 is 18.2. The Labute approximate surface area is 132 Å². The van der Waals surface area contributed by atoms with Crippen LogP contribution in [0.2, 0.25) is 0 Å². The summed E-state index contributed by atoms with van der Waals surface area (Å²) in [6, 6.07) is 4.41. The van der Waals surface area contributed by atoms with Crippen molar-refractivity contribution >= 4 is 11.8 Å². The third-order valence-electron chi connectivity index (χ3n) is 3.82. The summed E-state index contributed by atoms with van der Waals surface area (Å²) in [4.78, 5) is 29.6. The number of halogens is 1. The molecule has 2 aromatic heterocycles. The fourth-order valence-corrected chi connectivity index (χ4v) is 2.59. The summed E-state index contributed by atoms with van der Waals surface area (Å²) in [5.41, 5.74) is 0.194. The molecule has 2 amide bonds. The van der Waals surface area contributed by atoms with Crippen LogP contribution in [0.4, 0.5) is 4.39 Å². The molecule has 0 aliphatic carbocycles. The average Bonchev–Trinajstić information content (AvgIpc) is 3.09. The highest BCUT2D eigenvalue weighted by Gasteiger charge is 2.26. The van der Waals surface area contributed by atoms with E-state index in [4.69, 9.17) is 4.42 Å². The fraction of sp³-hybridized carbons (Fsp3) is 0.312. The molecule has 1 saturated heterocycles. The van der Waals surface area contributed by atoms with Crippen molar-refractivity contribution in [2.45, 2.75) is 18.9 Å². The van der Waals surface area contributed by atoms with Crippen LogP contribution in [0.5, 0.6) is 0 Å². The van der Waals surface area contributed by atoms with Crippen LogP contribution >= 0.6 is 0 Å². The SMILES string of the molecule is O=C(NC1CCN(C(=O)c2ccco2)CC1)c1cncc(F)c1. The topological polar surface area (TPSA) is 75.4 Å². The smallest absolute Gasteiger partial charge is 0.289 e. The molecule has 6 nitrogen and oxygen atoms in total. The molecular weight excluding hydrogens is 301 g/mol. The largest absolute Gasteiger partial charge is 0.459 e. The van der Waals surface area contributed by atoms with Gasteiger partial charge < -0.3 is 14.6 Å². The van der Waals surface area contributed by atoms with Crippen molar-refractivity contribution in [1.82, 2.24) is 15.2 Å². The number of pyridine rings is 1. The molecule has 3 heterocycles. The Kier molecular flexibility index (Phi) is 4.36. The highest BCUT2D eigenvalue weighted by molar-refractivity contribution is 5.94. The highest BCUT2D eigenvalue weighted by Crippen LogP contribution is 2.15. The van der Waals surface area contributed by atoms with Gasteiger partial charge in [-0.15, -0.1) is 0 Å². The fourth-order valence-electron chi connectivity index (χ4n) is 2.59. The third-order valence-corrected chi connectivity index (χ3v) is 3.82. The van der Waals surface area contributed by atoms with E-state index in [-0.39, 0.29) is 23.4 Å². The lowest BCUT2D eigenvalue weighted by atomic mass is 10.0. The molecule has 1 aliphatic rings. The van der Waals surface area contributed by atoms with Crippen LogP contribution in [0.3, 0.4) is 0 Å². The molecule has 1 aliphatic heterocycles. The first-order valence-electron chi connectivity index (χ1n) is 7.37. The zero-order valence-corrected chi connectivity index (χ0v) is 12.4. The molecule has 0 aromatic carbocycles. The Morgan fingerprint density at radius 2 is 2.09 bits per heavy atom. The van der Waals surface area contributed by atoms with Crippen LogP contribution in [0.25, 0.3) is 0 Å². The van der Waals surface area contributed by atoms with Crippen LogP contribution in [0, 0.1) is 5.82 Å². The number of rotatable bonds is 3. The molecule has 120 valence electrons. The Balaban J connectivity index is 1.53. The van der Waals surface area contributed by atoms with Gasteiger partial charge in [0.05, 0.1) is 18.0 Å². The van der Waals surface area contributed by atoms with Gasteiger partial charge in [0.1, 0.15) is 5.82 Å². The number of likely N-dealkylation sites (tertiary alicyclic amines) is 1. The molecule has 23 heavy (non-hydrogen) atoms. The van der Waals surface area contributed by atoms with Crippen LogP contribution in [0.1, 0.15) is 33.8 Å². The van der Waals surface area contributed by atoms with Crippen molar-refractivity contribution in [3.05, 3.63) is 54.0 Å². The van der Waals surface area contributed by atoms with Crippen LogP contribution in [-0.2, 0) is 0 Å². The van der Waals surface area contributed by atoms with Gasteiger partial charge in [0.15, 0.2) is 5.76 Å². The third kappa shape index (κ3) is 3.56. The van der Waals surface area contributed by atoms with Gasteiger partial charge in [0, 0.05) is 25.3 Å². The second kappa shape index (κ2) is 6.60. The Bertz CT molecular complexity index is 694. The lowest BCUT2D eigenvalue weighted by Crippen LogP contribution is -2.46. The van der Waals surface area contributed by atoms with Crippen molar-refractivity contribution in [3.63, 3.8) is 0 Å². The molecule has 0 spiro atoms. The first-order valence-corrected chi connectivity index (χ1v) is 7.37. The van der Waals surface area contributed by atoms with Gasteiger partial charge >= 0.3 is 0 Å². The summed E-state index contributed by atoms with van der Waals surface area (Å²) in [5, 5.41) is 2.85. The van der Waals surface area contributed by atoms with Gasteiger partial charge in [-0.25, -0.2) is 4.39 Å². The number of carbonyl (C=O) groups excluding carboxylic acids is 2. The maximum atomic E-state index is 13.1. The minimum absolute atomic E-state index is 0.0496. The number of hydrogen-bond donors (Lipinski definition) is 1. The maximum absolute atomic E-state index is 13.1. The van der Waals surface area contributed by atoms with Crippen molar-refractivity contribution in [2.24, 2.45) is 0 Å². The molecule has 0 radical (unpaired) electrons. The van der Waals surface area contributed by atoms with Crippen LogP contribution in [0.15, 0.2) is 41.3 Å². The van der Waals surface area contributed by atoms with Crippen LogP contribution in [-0.4, -0.2) is 40.8 Å². The molecule has 0 bridgehead atoms. The predicted octanol–water partition coefficient (Wildman–Crippen LogP) is 1.85. The number of nitrogens with one attached hydrogen (secondary N) is 1. The van der Waals surface area contributed by atoms with E-state index in [0.29, 0.717) is 31.7 Å². The standard InChI is InChI=1S/C16H16FN3O3/c17-12-8-11(9-18-10-12)15(21)19-13-3-5-20(6-4-13)16(22)14-2-1-7-23-14/h1-2,7-10,13H,3-6H2,(H,19,21). The molecular formula is C16H16FN3O3. The van der Waals surface area contributed by atoms with Gasteiger partial charge in [0.25, 0.3) is 11.8 Å². The molecule has 0 unspecified atom stereocenters. The number of amides is 2. The molecule has 7 heteroatoms. The number of nitrogens with zero attached hydrogens (tertiary/aromatic N) is 2. The summed E-state index contributed by atoms with van der Waals surface area (Å²) in [7, 11) is 0. The summed E-state index contributed by atoms with van der Waals surface area (Å²) in [6.45, 7) is 1.07. The van der Waals surface area contributed by atoms with Crippen molar-refractivity contribution in [1.29, 1.82) is 0 Å². The van der Waals surface area contributed by atoms with Crippen LogP contribution < -0.4 is 5.32 Å². The number of aromatic nitrogens is 1. The minimum Gasteiger partial charge on any atom is -0.459 e. The predicted molar refractivity (Wildman–Crippen MR) is 79.3 cm³/mol. The van der Waals surface area contributed by atoms with E-state index >= 15 is 0 Å². The van der Waals surface area contributed by atoms with Gasteiger partial charge in [-0.2, -0.15) is 0 Å². The van der Waals surface area contributed by atoms with Gasteiger partial charge in [-0.3, -0.25) is 14.6 Å². The van der Waals surface area contributed by atoms with Gasteiger partial charge in [-0.05, 0) is 31.0 Å². The lowest BCUT2D eigenvalue weighted by molar-refractivity contribution is 0.0667. The van der Waals surface area contributed by atoms with E-state index in [2.05, 4.69) is 10.3 Å². The summed E-state index contributed by atoms with van der Waals surface area (Å²) in [5.74, 6) is -0.725. The van der Waals surface area contributed by atoms with E-state index in [1.165, 1.54) is 12.5 Å². The molecule has 1 N–H and O–H groups in total. The molecule has 2 aromatic rings. The Hall–Kier alpha value is -2.70. The van der Waals surface area contributed by atoms with E-state index < -0.39 is 5.82 Å². The van der Waals surface area contributed by atoms with Gasteiger partial charge in [0.2, 0.25) is 0 Å². The second-order valence-corrected chi connectivity index (χ2v) is 5.41. The monoisotopic (exact) mass is 317 g/mol. The number of furan rings is 1. The summed E-state index contributed by atoms with van der Waals surface area (Å²) in [6.07, 6.45) is 5.12. The van der Waals surface area contributed by atoms with Crippen molar-refractivity contribution in [3.8, 4) is 0 Å². The van der Waals surface area contributed by atoms with Crippen molar-refractivity contribution < 1.29 is 18.4 Å². The normalized spacial score (nSPS) is 15.4. The zero-order valence-electron chi connectivity index (χ0n) is 12.4. The van der Waals surface area contributed by atoms with E-state index in [0.717, 1.165) is 12.3 Å². The van der Waals surface area contributed by atoms with Gasteiger partial charge in [-0.1, -0.05) is 0 Å². The second-order valence-electron chi connectivity index (χ2n) is 5.41. The first kappa shape index (κ1) is 15.2.